The summed E-state index contributed by atoms with van der Waals surface area (Å²) in [7, 11) is -3.72. The smallest absolute Gasteiger partial charge is 0.251 e. The molecule has 0 spiro atoms. The Balaban J connectivity index is 1.54. The number of benzene rings is 3. The molecular formula is C24H23FN2O4S. The van der Waals surface area contributed by atoms with Gasteiger partial charge in [-0.05, 0) is 43.3 Å². The van der Waals surface area contributed by atoms with E-state index in [9.17, 15) is 17.6 Å². The first kappa shape index (κ1) is 22.0. The number of hydrogen-bond acceptors (Lipinski definition) is 4. The summed E-state index contributed by atoms with van der Waals surface area (Å²) in [4.78, 5) is 12.8. The summed E-state index contributed by atoms with van der Waals surface area (Å²) in [5.74, 6) is -0.231. The molecule has 6 nitrogen and oxygen atoms in total. The van der Waals surface area contributed by atoms with Crippen LogP contribution in [0.5, 0.6) is 5.75 Å². The second kappa shape index (κ2) is 9.10. The highest BCUT2D eigenvalue weighted by Gasteiger charge is 2.28. The van der Waals surface area contributed by atoms with Crippen LogP contribution in [0.2, 0.25) is 0 Å². The molecule has 1 heterocycles. The first-order valence-electron chi connectivity index (χ1n) is 10.2. The SMILES string of the molecule is Cc1ccc(S(=O)(=O)N2CCOc3ccc(C(=O)NCc4ccccc4F)cc3C2)cc1. The van der Waals surface area contributed by atoms with E-state index in [0.717, 1.165) is 5.56 Å². The fourth-order valence-corrected chi connectivity index (χ4v) is 4.90. The molecule has 0 fully saturated rings. The van der Waals surface area contributed by atoms with Gasteiger partial charge in [0.25, 0.3) is 5.91 Å². The molecule has 1 N–H and O–H groups in total. The molecule has 0 atom stereocenters. The number of hydrogen-bond donors (Lipinski definition) is 1. The lowest BCUT2D eigenvalue weighted by molar-refractivity contribution is 0.0950. The van der Waals surface area contributed by atoms with Crippen molar-refractivity contribution in [3.8, 4) is 5.75 Å². The highest BCUT2D eigenvalue weighted by Crippen LogP contribution is 2.28. The molecule has 0 unspecified atom stereocenters. The monoisotopic (exact) mass is 454 g/mol. The van der Waals surface area contributed by atoms with Gasteiger partial charge >= 0.3 is 0 Å². The van der Waals surface area contributed by atoms with E-state index in [0.29, 0.717) is 22.4 Å². The quantitative estimate of drug-likeness (QED) is 0.639. The minimum atomic E-state index is -3.72. The number of carbonyl (C=O) groups excluding carboxylic acids is 1. The summed E-state index contributed by atoms with van der Waals surface area (Å²) >= 11 is 0. The number of rotatable bonds is 5. The van der Waals surface area contributed by atoms with Gasteiger partial charge in [0.05, 0.1) is 4.90 Å². The zero-order chi connectivity index (χ0) is 22.7. The van der Waals surface area contributed by atoms with Crippen LogP contribution >= 0.6 is 0 Å². The van der Waals surface area contributed by atoms with Crippen molar-refractivity contribution in [3.63, 3.8) is 0 Å². The Morgan fingerprint density at radius 1 is 1.09 bits per heavy atom. The summed E-state index contributed by atoms with van der Waals surface area (Å²) in [5.41, 5.74) is 2.30. The maximum Gasteiger partial charge on any atom is 0.251 e. The average Bonchev–Trinajstić information content (AvgIpc) is 3.01. The van der Waals surface area contributed by atoms with E-state index in [1.54, 1.807) is 60.7 Å². The van der Waals surface area contributed by atoms with Crippen LogP contribution in [0.3, 0.4) is 0 Å². The summed E-state index contributed by atoms with van der Waals surface area (Å²) in [5, 5.41) is 2.70. The van der Waals surface area contributed by atoms with Gasteiger partial charge in [-0.1, -0.05) is 35.9 Å². The predicted octanol–water partition coefficient (Wildman–Crippen LogP) is 3.65. The molecule has 8 heteroatoms. The summed E-state index contributed by atoms with van der Waals surface area (Å²) in [6.07, 6.45) is 0. The Bertz CT molecular complexity index is 1240. The molecule has 1 amide bonds. The molecule has 0 saturated heterocycles. The van der Waals surface area contributed by atoms with Crippen molar-refractivity contribution >= 4 is 15.9 Å². The van der Waals surface area contributed by atoms with E-state index in [1.807, 2.05) is 6.92 Å². The third kappa shape index (κ3) is 4.66. The van der Waals surface area contributed by atoms with Crippen molar-refractivity contribution in [2.45, 2.75) is 24.9 Å². The Hall–Kier alpha value is -3.23. The average molecular weight is 455 g/mol. The van der Waals surface area contributed by atoms with E-state index in [1.165, 1.54) is 10.4 Å². The molecule has 32 heavy (non-hydrogen) atoms. The fourth-order valence-electron chi connectivity index (χ4n) is 3.50. The van der Waals surface area contributed by atoms with Crippen LogP contribution in [-0.4, -0.2) is 31.8 Å². The van der Waals surface area contributed by atoms with Gasteiger partial charge < -0.3 is 10.1 Å². The van der Waals surface area contributed by atoms with Crippen molar-refractivity contribution in [1.82, 2.24) is 9.62 Å². The van der Waals surface area contributed by atoms with Crippen LogP contribution in [0.1, 0.15) is 27.0 Å². The minimum absolute atomic E-state index is 0.0486. The lowest BCUT2D eigenvalue weighted by Crippen LogP contribution is -2.32. The highest BCUT2D eigenvalue weighted by atomic mass is 32.2. The zero-order valence-corrected chi connectivity index (χ0v) is 18.4. The molecular weight excluding hydrogens is 431 g/mol. The zero-order valence-electron chi connectivity index (χ0n) is 17.5. The van der Waals surface area contributed by atoms with Gasteiger partial charge in [0, 0.05) is 36.3 Å². The number of fused-ring (bicyclic) bond motifs is 1. The Kier molecular flexibility index (Phi) is 6.25. The van der Waals surface area contributed by atoms with Crippen molar-refractivity contribution in [2.75, 3.05) is 13.2 Å². The number of amides is 1. The number of nitrogens with zero attached hydrogens (tertiary/aromatic N) is 1. The van der Waals surface area contributed by atoms with Crippen LogP contribution in [0.25, 0.3) is 0 Å². The second-order valence-electron chi connectivity index (χ2n) is 7.60. The maximum absolute atomic E-state index is 13.8. The van der Waals surface area contributed by atoms with Gasteiger partial charge in [-0.15, -0.1) is 0 Å². The van der Waals surface area contributed by atoms with E-state index >= 15 is 0 Å². The number of halogens is 1. The lowest BCUT2D eigenvalue weighted by Gasteiger charge is -2.20. The Morgan fingerprint density at radius 2 is 1.84 bits per heavy atom. The number of sulfonamides is 1. The molecule has 166 valence electrons. The Morgan fingerprint density at radius 3 is 2.59 bits per heavy atom. The molecule has 3 aromatic carbocycles. The van der Waals surface area contributed by atoms with Crippen LogP contribution in [0.15, 0.2) is 71.6 Å². The van der Waals surface area contributed by atoms with Crippen molar-refractivity contribution in [2.24, 2.45) is 0 Å². The van der Waals surface area contributed by atoms with E-state index in [4.69, 9.17) is 4.74 Å². The van der Waals surface area contributed by atoms with Crippen LogP contribution in [0.4, 0.5) is 4.39 Å². The first-order valence-corrected chi connectivity index (χ1v) is 11.6. The molecule has 3 aromatic rings. The van der Waals surface area contributed by atoms with Crippen LogP contribution in [0, 0.1) is 12.7 Å². The normalized spacial score (nSPS) is 14.2. The highest BCUT2D eigenvalue weighted by molar-refractivity contribution is 7.89. The van der Waals surface area contributed by atoms with Gasteiger partial charge in [-0.2, -0.15) is 4.31 Å². The largest absolute Gasteiger partial charge is 0.492 e. The third-order valence-corrected chi connectivity index (χ3v) is 7.18. The molecule has 4 rings (SSSR count). The van der Waals surface area contributed by atoms with E-state index in [2.05, 4.69) is 5.32 Å². The predicted molar refractivity (Wildman–Crippen MR) is 118 cm³/mol. The first-order chi connectivity index (χ1) is 15.3. The molecule has 0 aromatic heterocycles. The second-order valence-corrected chi connectivity index (χ2v) is 9.53. The number of ether oxygens (including phenoxy) is 1. The van der Waals surface area contributed by atoms with Gasteiger partial charge in [0.1, 0.15) is 18.2 Å². The summed E-state index contributed by atoms with van der Waals surface area (Å²) < 4.78 is 47.1. The maximum atomic E-state index is 13.8. The van der Waals surface area contributed by atoms with Crippen molar-refractivity contribution in [1.29, 1.82) is 0 Å². The standard InChI is InChI=1S/C24H23FN2O4S/c1-17-6-9-21(10-7-17)32(29,30)27-12-13-31-23-11-8-18(14-20(23)16-27)24(28)26-15-19-4-2-3-5-22(19)25/h2-11,14H,12-13,15-16H2,1H3,(H,26,28). The number of carbonyl (C=O) groups is 1. The summed E-state index contributed by atoms with van der Waals surface area (Å²) in [6, 6.07) is 17.8. The molecule has 0 bridgehead atoms. The summed E-state index contributed by atoms with van der Waals surface area (Å²) in [6.45, 7) is 2.43. The lowest BCUT2D eigenvalue weighted by atomic mass is 10.1. The fraction of sp³-hybridized carbons (Fsp3) is 0.208. The number of nitrogens with one attached hydrogen (secondary N) is 1. The van der Waals surface area contributed by atoms with Gasteiger partial charge in [0.15, 0.2) is 0 Å². The van der Waals surface area contributed by atoms with Crippen LogP contribution < -0.4 is 10.1 Å². The van der Waals surface area contributed by atoms with E-state index < -0.39 is 10.0 Å². The molecule has 1 aliphatic rings. The van der Waals surface area contributed by atoms with Crippen molar-refractivity contribution in [3.05, 3.63) is 94.8 Å². The molecule has 1 aliphatic heterocycles. The van der Waals surface area contributed by atoms with Gasteiger partial charge in [-0.25, -0.2) is 12.8 Å². The topological polar surface area (TPSA) is 75.7 Å². The minimum Gasteiger partial charge on any atom is -0.492 e. The third-order valence-electron chi connectivity index (χ3n) is 5.32. The molecule has 0 aliphatic carbocycles. The van der Waals surface area contributed by atoms with E-state index in [-0.39, 0.29) is 42.9 Å². The number of aryl methyl sites for hydroxylation is 1. The van der Waals surface area contributed by atoms with Crippen molar-refractivity contribution < 1.29 is 22.3 Å². The van der Waals surface area contributed by atoms with Gasteiger partial charge in [-0.3, -0.25) is 4.79 Å². The van der Waals surface area contributed by atoms with Crippen LogP contribution in [-0.2, 0) is 23.1 Å². The molecule has 0 saturated carbocycles. The molecule has 0 radical (unpaired) electrons. The Labute approximate surface area is 186 Å². The van der Waals surface area contributed by atoms with Gasteiger partial charge in [0.2, 0.25) is 10.0 Å².